The highest BCUT2D eigenvalue weighted by Crippen LogP contribution is 2.09. The van der Waals surface area contributed by atoms with Gasteiger partial charge in [0.05, 0.1) is 0 Å². The van der Waals surface area contributed by atoms with Crippen LogP contribution in [0.1, 0.15) is 24.1 Å². The number of guanidine groups is 1. The van der Waals surface area contributed by atoms with Crippen LogP contribution in [0, 0.1) is 18.6 Å². The quantitative estimate of drug-likeness (QED) is 0.622. The van der Waals surface area contributed by atoms with Crippen LogP contribution >= 0.6 is 0 Å². The molecule has 24 heavy (non-hydrogen) atoms. The second kappa shape index (κ2) is 8.37. The zero-order valence-corrected chi connectivity index (χ0v) is 14.1. The maximum absolute atomic E-state index is 13.6. The minimum absolute atomic E-state index is 0.335. The molecule has 8 heteroatoms. The average molecular weight is 336 g/mol. The van der Waals surface area contributed by atoms with Gasteiger partial charge in [-0.25, -0.2) is 13.8 Å². The van der Waals surface area contributed by atoms with Crippen LogP contribution in [0.5, 0.6) is 0 Å². The molecule has 0 spiro atoms. The number of hydrogen-bond donors (Lipinski definition) is 2. The van der Waals surface area contributed by atoms with Crippen LogP contribution in [-0.4, -0.2) is 33.8 Å². The molecule has 0 atom stereocenters. The monoisotopic (exact) mass is 336 g/mol. The maximum atomic E-state index is 13.6. The first-order valence-electron chi connectivity index (χ1n) is 7.82. The summed E-state index contributed by atoms with van der Waals surface area (Å²) in [5.74, 6) is 1.31. The summed E-state index contributed by atoms with van der Waals surface area (Å²) in [7, 11) is 1.88. The number of aliphatic imine (C=N–C) groups is 1. The van der Waals surface area contributed by atoms with Crippen molar-refractivity contribution < 1.29 is 8.78 Å². The number of hydrogen-bond acceptors (Lipinski definition) is 3. The molecule has 0 aliphatic rings. The van der Waals surface area contributed by atoms with Gasteiger partial charge in [0, 0.05) is 20.1 Å². The number of benzene rings is 1. The number of halogens is 2. The summed E-state index contributed by atoms with van der Waals surface area (Å²) in [4.78, 5) is 4.43. The van der Waals surface area contributed by atoms with E-state index in [2.05, 4.69) is 25.8 Å². The summed E-state index contributed by atoms with van der Waals surface area (Å²) in [6.45, 7) is 5.33. The van der Waals surface area contributed by atoms with E-state index in [-0.39, 0.29) is 0 Å². The third kappa shape index (κ3) is 4.74. The van der Waals surface area contributed by atoms with Crippen LogP contribution in [0.15, 0.2) is 23.2 Å². The van der Waals surface area contributed by atoms with E-state index in [9.17, 15) is 8.78 Å². The van der Waals surface area contributed by atoms with Gasteiger partial charge in [-0.2, -0.15) is 0 Å². The van der Waals surface area contributed by atoms with E-state index in [1.54, 1.807) is 0 Å². The highest BCUT2D eigenvalue weighted by atomic mass is 19.1. The molecule has 6 nitrogen and oxygen atoms in total. The molecule has 0 saturated heterocycles. The Hall–Kier alpha value is -2.51. The first-order valence-corrected chi connectivity index (χ1v) is 7.82. The fourth-order valence-corrected chi connectivity index (χ4v) is 2.13. The van der Waals surface area contributed by atoms with Gasteiger partial charge in [-0.15, -0.1) is 10.2 Å². The van der Waals surface area contributed by atoms with Gasteiger partial charge in [0.1, 0.15) is 24.0 Å². The molecule has 130 valence electrons. The van der Waals surface area contributed by atoms with Gasteiger partial charge in [-0.1, -0.05) is 0 Å². The third-order valence-corrected chi connectivity index (χ3v) is 3.60. The van der Waals surface area contributed by atoms with Gasteiger partial charge >= 0.3 is 0 Å². The molecule has 0 amide bonds. The van der Waals surface area contributed by atoms with Crippen LogP contribution < -0.4 is 10.6 Å². The van der Waals surface area contributed by atoms with Gasteiger partial charge < -0.3 is 15.2 Å². The van der Waals surface area contributed by atoms with Crippen molar-refractivity contribution in [3.8, 4) is 0 Å². The lowest BCUT2D eigenvalue weighted by Gasteiger charge is -2.11. The van der Waals surface area contributed by atoms with Gasteiger partial charge in [-0.3, -0.25) is 0 Å². The van der Waals surface area contributed by atoms with Crippen LogP contribution in [0.4, 0.5) is 8.78 Å². The minimum Gasteiger partial charge on any atom is -0.357 e. The van der Waals surface area contributed by atoms with E-state index in [0.29, 0.717) is 37.6 Å². The fourth-order valence-electron chi connectivity index (χ4n) is 2.13. The average Bonchev–Trinajstić information content (AvgIpc) is 2.87. The molecule has 1 heterocycles. The molecule has 0 bridgehead atoms. The van der Waals surface area contributed by atoms with E-state index in [1.807, 2.05) is 25.5 Å². The summed E-state index contributed by atoms with van der Waals surface area (Å²) in [5.41, 5.74) is 0.335. The largest absolute Gasteiger partial charge is 0.357 e. The number of nitrogens with zero attached hydrogens (tertiary/aromatic N) is 4. The molecule has 2 aromatic rings. The molecule has 0 unspecified atom stereocenters. The second-order valence-electron chi connectivity index (χ2n) is 5.33. The molecule has 2 N–H and O–H groups in total. The Labute approximate surface area is 140 Å². The lowest BCUT2D eigenvalue weighted by molar-refractivity contribution is 0.583. The van der Waals surface area contributed by atoms with Crippen LogP contribution in [0.2, 0.25) is 0 Å². The van der Waals surface area contributed by atoms with Crippen molar-refractivity contribution in [1.29, 1.82) is 0 Å². The Balaban J connectivity index is 1.94. The Morgan fingerprint density at radius 2 is 2.04 bits per heavy atom. The highest BCUT2D eigenvalue weighted by molar-refractivity contribution is 5.79. The van der Waals surface area contributed by atoms with Crippen molar-refractivity contribution in [1.82, 2.24) is 25.4 Å². The first kappa shape index (κ1) is 17.8. The molecule has 1 aromatic heterocycles. The smallest absolute Gasteiger partial charge is 0.191 e. The molecule has 0 fully saturated rings. The van der Waals surface area contributed by atoms with E-state index >= 15 is 0 Å². The van der Waals surface area contributed by atoms with Gasteiger partial charge in [0.25, 0.3) is 0 Å². The van der Waals surface area contributed by atoms with Gasteiger partial charge in [0.2, 0.25) is 0 Å². The summed E-state index contributed by atoms with van der Waals surface area (Å²) in [6.07, 6.45) is 0.358. The Kier molecular flexibility index (Phi) is 6.22. The predicted molar refractivity (Wildman–Crippen MR) is 88.6 cm³/mol. The maximum Gasteiger partial charge on any atom is 0.191 e. The number of aromatic nitrogens is 3. The normalized spacial score (nSPS) is 11.6. The second-order valence-corrected chi connectivity index (χ2v) is 5.33. The van der Waals surface area contributed by atoms with E-state index < -0.39 is 11.6 Å². The van der Waals surface area contributed by atoms with Crippen molar-refractivity contribution in [2.75, 3.05) is 13.1 Å². The third-order valence-electron chi connectivity index (χ3n) is 3.60. The van der Waals surface area contributed by atoms with Crippen molar-refractivity contribution >= 4 is 5.96 Å². The Bertz CT molecular complexity index is 711. The molecular weight excluding hydrogens is 314 g/mol. The van der Waals surface area contributed by atoms with Crippen molar-refractivity contribution in [3.05, 3.63) is 47.0 Å². The number of nitrogens with one attached hydrogen (secondary N) is 2. The molecule has 0 aliphatic heterocycles. The Morgan fingerprint density at radius 3 is 2.71 bits per heavy atom. The predicted octanol–water partition coefficient (Wildman–Crippen LogP) is 1.70. The lowest BCUT2D eigenvalue weighted by atomic mass is 10.1. The van der Waals surface area contributed by atoms with Crippen LogP contribution in [-0.2, 0) is 20.0 Å². The van der Waals surface area contributed by atoms with Gasteiger partial charge in [0.15, 0.2) is 11.8 Å². The molecule has 0 aliphatic carbocycles. The summed E-state index contributed by atoms with van der Waals surface area (Å²) < 4.78 is 28.6. The van der Waals surface area contributed by atoms with Crippen molar-refractivity contribution in [2.24, 2.45) is 12.0 Å². The SMILES string of the molecule is CCNC(=NCc1nnc(C)n1C)NCCc1cc(F)ccc1F. The van der Waals surface area contributed by atoms with E-state index in [1.165, 1.54) is 6.07 Å². The first-order chi connectivity index (χ1) is 11.5. The van der Waals surface area contributed by atoms with Gasteiger partial charge in [-0.05, 0) is 44.0 Å². The summed E-state index contributed by atoms with van der Waals surface area (Å²) in [6, 6.07) is 3.46. The Morgan fingerprint density at radius 1 is 1.25 bits per heavy atom. The topological polar surface area (TPSA) is 67.1 Å². The highest BCUT2D eigenvalue weighted by Gasteiger charge is 2.06. The van der Waals surface area contributed by atoms with Crippen molar-refractivity contribution in [2.45, 2.75) is 26.8 Å². The lowest BCUT2D eigenvalue weighted by Crippen LogP contribution is -2.38. The minimum atomic E-state index is -0.440. The molecule has 2 rings (SSSR count). The molecule has 0 radical (unpaired) electrons. The number of rotatable bonds is 6. The summed E-state index contributed by atoms with van der Waals surface area (Å²) in [5, 5.41) is 14.3. The van der Waals surface area contributed by atoms with Crippen LogP contribution in [0.25, 0.3) is 0 Å². The fraction of sp³-hybridized carbons (Fsp3) is 0.438. The number of aryl methyl sites for hydroxylation is 1. The molecule has 0 saturated carbocycles. The zero-order valence-electron chi connectivity index (χ0n) is 14.1. The van der Waals surface area contributed by atoms with E-state index in [0.717, 1.165) is 23.8 Å². The molecule has 1 aromatic carbocycles. The molecular formula is C16H22F2N6. The van der Waals surface area contributed by atoms with Crippen LogP contribution in [0.3, 0.4) is 0 Å². The van der Waals surface area contributed by atoms with Crippen molar-refractivity contribution in [3.63, 3.8) is 0 Å². The van der Waals surface area contributed by atoms with E-state index in [4.69, 9.17) is 0 Å². The summed E-state index contributed by atoms with van der Waals surface area (Å²) >= 11 is 0. The zero-order chi connectivity index (χ0) is 17.5. The standard InChI is InChI=1S/C16H22F2N6/c1-4-19-16(21-10-15-23-22-11(2)24(15)3)20-8-7-12-9-13(17)5-6-14(12)18/h5-6,9H,4,7-8,10H2,1-3H3,(H2,19,20,21).